The third kappa shape index (κ3) is 21.3. The zero-order valence-electron chi connectivity index (χ0n) is 12.0. The summed E-state index contributed by atoms with van der Waals surface area (Å²) in [4.78, 5) is 10.7. The molecule has 0 heterocycles. The van der Waals surface area contributed by atoms with Gasteiger partial charge in [-0.1, -0.05) is 46.0 Å². The molecule has 0 aliphatic carbocycles. The zero-order valence-corrected chi connectivity index (χ0v) is 12.0. The van der Waals surface area contributed by atoms with Crippen molar-refractivity contribution >= 4 is 5.97 Å². The van der Waals surface area contributed by atoms with Crippen LogP contribution in [0.5, 0.6) is 0 Å². The first-order valence-electron chi connectivity index (χ1n) is 7.08. The Balaban J connectivity index is 0. The molecule has 3 nitrogen and oxygen atoms in total. The number of unbranched alkanes of at least 4 members (excludes halogenated alkanes) is 5. The molecule has 0 radical (unpaired) electrons. The highest BCUT2D eigenvalue weighted by Crippen LogP contribution is 1.99. The van der Waals surface area contributed by atoms with Gasteiger partial charge in [-0.05, 0) is 26.3 Å². The molecule has 0 saturated heterocycles. The maximum Gasteiger partial charge on any atom is 0.305 e. The number of esters is 1. The van der Waals surface area contributed by atoms with E-state index in [1.807, 2.05) is 6.92 Å². The monoisotopic (exact) mass is 245 g/mol. The van der Waals surface area contributed by atoms with Crippen LogP contribution in [0.4, 0.5) is 0 Å². The predicted octanol–water partition coefficient (Wildman–Crippen LogP) is 3.66. The summed E-state index contributed by atoms with van der Waals surface area (Å²) in [6.07, 6.45) is 8.99. The Labute approximate surface area is 107 Å². The second-order valence-corrected chi connectivity index (χ2v) is 4.11. The van der Waals surface area contributed by atoms with Crippen LogP contribution in [0.1, 0.15) is 72.1 Å². The van der Waals surface area contributed by atoms with E-state index in [0.717, 1.165) is 25.8 Å². The van der Waals surface area contributed by atoms with Crippen molar-refractivity contribution in [1.29, 1.82) is 0 Å². The summed E-state index contributed by atoms with van der Waals surface area (Å²) in [5.74, 6) is -0.0593. The molecule has 0 rings (SSSR count). The van der Waals surface area contributed by atoms with Crippen molar-refractivity contribution in [3.8, 4) is 0 Å². The lowest BCUT2D eigenvalue weighted by Crippen LogP contribution is -2.02. The summed E-state index contributed by atoms with van der Waals surface area (Å²) < 4.78 is 4.75. The molecule has 0 aromatic heterocycles. The van der Waals surface area contributed by atoms with Gasteiger partial charge in [-0.2, -0.15) is 0 Å². The molecule has 104 valence electrons. The van der Waals surface area contributed by atoms with Crippen LogP contribution in [0.25, 0.3) is 0 Å². The number of hydrogen-bond acceptors (Lipinski definition) is 3. The summed E-state index contributed by atoms with van der Waals surface area (Å²) in [6, 6.07) is 0. The van der Waals surface area contributed by atoms with E-state index in [0.29, 0.717) is 13.0 Å². The minimum Gasteiger partial charge on any atom is -0.466 e. The molecule has 2 N–H and O–H groups in total. The molecule has 0 atom stereocenters. The highest BCUT2D eigenvalue weighted by Gasteiger charge is 1.98. The first-order valence-corrected chi connectivity index (χ1v) is 7.08. The van der Waals surface area contributed by atoms with E-state index in [-0.39, 0.29) is 5.97 Å². The quantitative estimate of drug-likeness (QED) is 0.498. The average Bonchev–Trinajstić information content (AvgIpc) is 2.31. The Morgan fingerprint density at radius 2 is 1.53 bits per heavy atom. The highest BCUT2D eigenvalue weighted by atomic mass is 16.5. The molecular formula is C14H31NO2. The van der Waals surface area contributed by atoms with Gasteiger partial charge < -0.3 is 10.5 Å². The van der Waals surface area contributed by atoms with Crippen LogP contribution in [-0.4, -0.2) is 19.1 Å². The summed E-state index contributed by atoms with van der Waals surface area (Å²) in [5, 5.41) is 0. The van der Waals surface area contributed by atoms with Gasteiger partial charge in [0.2, 0.25) is 0 Å². The van der Waals surface area contributed by atoms with Gasteiger partial charge in [0, 0.05) is 6.42 Å². The largest absolute Gasteiger partial charge is 0.466 e. The second kappa shape index (κ2) is 17.8. The lowest BCUT2D eigenvalue weighted by atomic mass is 10.2. The van der Waals surface area contributed by atoms with E-state index in [9.17, 15) is 4.79 Å². The second-order valence-electron chi connectivity index (χ2n) is 4.11. The molecule has 0 aliphatic heterocycles. The molecule has 0 spiro atoms. The van der Waals surface area contributed by atoms with E-state index >= 15 is 0 Å². The number of hydrogen-bond donors (Lipinski definition) is 1. The van der Waals surface area contributed by atoms with Gasteiger partial charge >= 0.3 is 5.97 Å². The van der Waals surface area contributed by atoms with E-state index in [4.69, 9.17) is 10.5 Å². The van der Waals surface area contributed by atoms with Gasteiger partial charge in [-0.3, -0.25) is 4.79 Å². The third-order valence-corrected chi connectivity index (χ3v) is 2.35. The van der Waals surface area contributed by atoms with Crippen molar-refractivity contribution in [2.75, 3.05) is 13.2 Å². The van der Waals surface area contributed by atoms with E-state index < -0.39 is 0 Å². The Morgan fingerprint density at radius 3 is 2.00 bits per heavy atom. The molecule has 0 unspecified atom stereocenters. The number of carbonyl (C=O) groups is 1. The van der Waals surface area contributed by atoms with E-state index in [1.54, 1.807) is 0 Å². The summed E-state index contributed by atoms with van der Waals surface area (Å²) in [7, 11) is 0. The number of nitrogens with two attached hydrogens (primary N) is 1. The molecule has 0 amide bonds. The minimum absolute atomic E-state index is 0.0593. The molecule has 17 heavy (non-hydrogen) atoms. The Hall–Kier alpha value is -0.570. The average molecular weight is 245 g/mol. The summed E-state index contributed by atoms with van der Waals surface area (Å²) >= 11 is 0. The molecular weight excluding hydrogens is 214 g/mol. The minimum atomic E-state index is -0.0593. The third-order valence-electron chi connectivity index (χ3n) is 2.35. The standard InChI is InChI=1S/C8H16O2.C6H15N/c1-3-5-6-7-8(9)10-4-2;1-2-3-4-5-6-7/h3-7H2,1-2H3;2-7H2,1H3. The molecule has 0 aromatic rings. The van der Waals surface area contributed by atoms with Gasteiger partial charge in [-0.25, -0.2) is 0 Å². The summed E-state index contributed by atoms with van der Waals surface area (Å²) in [5.41, 5.74) is 5.27. The molecule has 0 aromatic carbocycles. The lowest BCUT2D eigenvalue weighted by Gasteiger charge is -1.99. The number of ether oxygens (including phenoxy) is 1. The van der Waals surface area contributed by atoms with Crippen molar-refractivity contribution < 1.29 is 9.53 Å². The van der Waals surface area contributed by atoms with Crippen molar-refractivity contribution in [2.24, 2.45) is 5.73 Å². The highest BCUT2D eigenvalue weighted by molar-refractivity contribution is 5.69. The topological polar surface area (TPSA) is 52.3 Å². The van der Waals surface area contributed by atoms with Crippen LogP contribution in [0.3, 0.4) is 0 Å². The van der Waals surface area contributed by atoms with Crippen LogP contribution < -0.4 is 5.73 Å². The van der Waals surface area contributed by atoms with Gasteiger partial charge in [0.05, 0.1) is 6.61 Å². The first kappa shape index (κ1) is 18.8. The van der Waals surface area contributed by atoms with Crippen molar-refractivity contribution in [1.82, 2.24) is 0 Å². The molecule has 0 aliphatic rings. The Bertz CT molecular complexity index is 145. The molecule has 0 saturated carbocycles. The summed E-state index contributed by atoms with van der Waals surface area (Å²) in [6.45, 7) is 7.52. The number of rotatable bonds is 9. The van der Waals surface area contributed by atoms with Crippen LogP contribution in [0.2, 0.25) is 0 Å². The molecule has 3 heteroatoms. The fourth-order valence-corrected chi connectivity index (χ4v) is 1.32. The Morgan fingerprint density at radius 1 is 0.941 bits per heavy atom. The fraction of sp³-hybridized carbons (Fsp3) is 0.929. The molecule has 0 bridgehead atoms. The van der Waals surface area contributed by atoms with Crippen molar-refractivity contribution in [3.05, 3.63) is 0 Å². The fourth-order valence-electron chi connectivity index (χ4n) is 1.32. The predicted molar refractivity (Wildman–Crippen MR) is 74.0 cm³/mol. The van der Waals surface area contributed by atoms with Crippen molar-refractivity contribution in [2.45, 2.75) is 72.1 Å². The first-order chi connectivity index (χ1) is 8.22. The smallest absolute Gasteiger partial charge is 0.305 e. The van der Waals surface area contributed by atoms with E-state index in [1.165, 1.54) is 25.7 Å². The van der Waals surface area contributed by atoms with Gasteiger partial charge in [0.15, 0.2) is 0 Å². The van der Waals surface area contributed by atoms with Gasteiger partial charge in [0.1, 0.15) is 0 Å². The van der Waals surface area contributed by atoms with E-state index in [2.05, 4.69) is 13.8 Å². The van der Waals surface area contributed by atoms with Crippen molar-refractivity contribution in [3.63, 3.8) is 0 Å². The zero-order chi connectivity index (χ0) is 13.4. The van der Waals surface area contributed by atoms with Crippen LogP contribution in [0, 0.1) is 0 Å². The molecule has 0 fully saturated rings. The van der Waals surface area contributed by atoms with Gasteiger partial charge in [0.25, 0.3) is 0 Å². The maximum atomic E-state index is 10.7. The maximum absolute atomic E-state index is 10.7. The number of carbonyl (C=O) groups excluding carboxylic acids is 1. The van der Waals surface area contributed by atoms with Crippen LogP contribution in [-0.2, 0) is 9.53 Å². The lowest BCUT2D eigenvalue weighted by molar-refractivity contribution is -0.143. The van der Waals surface area contributed by atoms with Gasteiger partial charge in [-0.15, -0.1) is 0 Å². The Kier molecular flexibility index (Phi) is 19.7. The normalized spacial score (nSPS) is 9.41. The SMILES string of the molecule is CCCCCC(=O)OCC.CCCCCCN. The van der Waals surface area contributed by atoms with Crippen LogP contribution >= 0.6 is 0 Å². The van der Waals surface area contributed by atoms with Crippen LogP contribution in [0.15, 0.2) is 0 Å².